The highest BCUT2D eigenvalue weighted by Gasteiger charge is 2.35. The van der Waals surface area contributed by atoms with Crippen LogP contribution in [0.15, 0.2) is 6.07 Å². The number of amides is 1. The summed E-state index contributed by atoms with van der Waals surface area (Å²) in [6.45, 7) is 1.69. The number of carbonyl (C=O) groups excluding carboxylic acids is 1. The molecule has 1 atom stereocenters. The van der Waals surface area contributed by atoms with E-state index >= 15 is 0 Å². The Morgan fingerprint density at radius 1 is 1.56 bits per heavy atom. The van der Waals surface area contributed by atoms with Gasteiger partial charge in [0.15, 0.2) is 0 Å². The van der Waals surface area contributed by atoms with E-state index in [0.29, 0.717) is 17.3 Å². The summed E-state index contributed by atoms with van der Waals surface area (Å²) >= 11 is 7.08. The Bertz CT molecular complexity index is 491. The molecule has 0 spiro atoms. The molecule has 1 aromatic rings. The molecule has 1 unspecified atom stereocenters. The van der Waals surface area contributed by atoms with E-state index in [-0.39, 0.29) is 11.0 Å². The summed E-state index contributed by atoms with van der Waals surface area (Å²) in [6, 6.07) is 0.687. The Balaban J connectivity index is 2.28. The fourth-order valence-electron chi connectivity index (χ4n) is 1.64. The number of aliphatic carboxylic acids is 1. The summed E-state index contributed by atoms with van der Waals surface area (Å²) in [5.74, 6) is -0.708. The average Bonchev–Trinajstić information content (AvgIpc) is 2.75. The highest BCUT2D eigenvalue weighted by molar-refractivity contribution is 7.99. The topological polar surface area (TPSA) is 83.4 Å². The molecule has 8 heteroatoms. The number of thioether (sulfide) groups is 1. The third kappa shape index (κ3) is 2.56. The maximum absolute atomic E-state index is 12.2. The number of hydrogen-bond acceptors (Lipinski definition) is 5. The number of halogens is 1. The number of aromatic nitrogens is 2. The summed E-state index contributed by atoms with van der Waals surface area (Å²) in [7, 11) is 0. The zero-order valence-corrected chi connectivity index (χ0v) is 11.0. The van der Waals surface area contributed by atoms with Crippen molar-refractivity contribution in [1.29, 1.82) is 0 Å². The van der Waals surface area contributed by atoms with Gasteiger partial charge < -0.3 is 10.0 Å². The molecule has 1 saturated heterocycles. The molecule has 1 fully saturated rings. The van der Waals surface area contributed by atoms with Crippen LogP contribution in [0.2, 0.25) is 5.28 Å². The van der Waals surface area contributed by atoms with E-state index in [9.17, 15) is 9.59 Å². The van der Waals surface area contributed by atoms with Gasteiger partial charge in [0.25, 0.3) is 5.91 Å². The SMILES string of the molecule is Cc1cc(C(=O)N2CSCC2C(=O)O)nc(Cl)n1. The fourth-order valence-corrected chi connectivity index (χ4v) is 3.01. The standard InChI is InChI=1S/C10H10ClN3O3S/c1-5-2-6(13-10(11)12-5)8(15)14-4-18-3-7(14)9(16)17/h2,7H,3-4H2,1H3,(H,16,17). The van der Waals surface area contributed by atoms with Crippen LogP contribution in [-0.4, -0.2) is 49.5 Å². The lowest BCUT2D eigenvalue weighted by Gasteiger charge is -2.19. The Labute approximate surface area is 112 Å². The van der Waals surface area contributed by atoms with Gasteiger partial charge in [0.2, 0.25) is 5.28 Å². The number of aryl methyl sites for hydroxylation is 1. The Morgan fingerprint density at radius 2 is 2.28 bits per heavy atom. The minimum atomic E-state index is -1.01. The Morgan fingerprint density at radius 3 is 2.89 bits per heavy atom. The molecule has 1 amide bonds. The minimum absolute atomic E-state index is 0.0166. The molecule has 0 aromatic carbocycles. The third-order valence-electron chi connectivity index (χ3n) is 2.47. The molecule has 96 valence electrons. The lowest BCUT2D eigenvalue weighted by Crippen LogP contribution is -2.42. The molecule has 18 heavy (non-hydrogen) atoms. The molecule has 0 saturated carbocycles. The van der Waals surface area contributed by atoms with Crippen molar-refractivity contribution in [3.63, 3.8) is 0 Å². The van der Waals surface area contributed by atoms with E-state index in [1.165, 1.54) is 22.7 Å². The number of hydrogen-bond donors (Lipinski definition) is 1. The fraction of sp³-hybridized carbons (Fsp3) is 0.400. The van der Waals surface area contributed by atoms with Gasteiger partial charge in [-0.05, 0) is 24.6 Å². The molecule has 1 aromatic heterocycles. The van der Waals surface area contributed by atoms with Crippen molar-refractivity contribution in [3.05, 3.63) is 22.7 Å². The van der Waals surface area contributed by atoms with E-state index in [2.05, 4.69) is 9.97 Å². The molecule has 0 radical (unpaired) electrons. The zero-order chi connectivity index (χ0) is 13.3. The second kappa shape index (κ2) is 5.11. The first-order valence-corrected chi connectivity index (χ1v) is 6.65. The van der Waals surface area contributed by atoms with Crippen LogP contribution < -0.4 is 0 Å². The van der Waals surface area contributed by atoms with Gasteiger partial charge in [0.05, 0.1) is 5.88 Å². The molecule has 1 aliphatic heterocycles. The largest absolute Gasteiger partial charge is 0.480 e. The number of carboxylic acid groups (broad SMARTS) is 1. The predicted molar refractivity (Wildman–Crippen MR) is 66.7 cm³/mol. The van der Waals surface area contributed by atoms with Crippen LogP contribution in [-0.2, 0) is 4.79 Å². The Kier molecular flexibility index (Phi) is 3.72. The smallest absolute Gasteiger partial charge is 0.327 e. The third-order valence-corrected chi connectivity index (χ3v) is 3.66. The van der Waals surface area contributed by atoms with E-state index in [1.807, 2.05) is 0 Å². The number of nitrogens with zero attached hydrogens (tertiary/aromatic N) is 3. The highest BCUT2D eigenvalue weighted by Crippen LogP contribution is 2.23. The molecule has 2 rings (SSSR count). The summed E-state index contributed by atoms with van der Waals surface area (Å²) in [4.78, 5) is 32.2. The minimum Gasteiger partial charge on any atom is -0.480 e. The van der Waals surface area contributed by atoms with E-state index in [0.717, 1.165) is 0 Å². The second-order valence-corrected chi connectivity index (χ2v) is 5.13. The maximum Gasteiger partial charge on any atom is 0.327 e. The van der Waals surface area contributed by atoms with Crippen LogP contribution >= 0.6 is 23.4 Å². The van der Waals surface area contributed by atoms with Gasteiger partial charge >= 0.3 is 5.97 Å². The van der Waals surface area contributed by atoms with Crippen LogP contribution in [0.5, 0.6) is 0 Å². The van der Waals surface area contributed by atoms with Crippen LogP contribution in [0.25, 0.3) is 0 Å². The van der Waals surface area contributed by atoms with Gasteiger partial charge in [0, 0.05) is 11.4 Å². The van der Waals surface area contributed by atoms with Gasteiger partial charge in [-0.3, -0.25) is 4.79 Å². The monoisotopic (exact) mass is 287 g/mol. The van der Waals surface area contributed by atoms with Gasteiger partial charge in [-0.25, -0.2) is 14.8 Å². The summed E-state index contributed by atoms with van der Waals surface area (Å²) in [6.07, 6.45) is 0. The van der Waals surface area contributed by atoms with E-state index in [1.54, 1.807) is 6.92 Å². The van der Waals surface area contributed by atoms with Crippen molar-refractivity contribution < 1.29 is 14.7 Å². The van der Waals surface area contributed by atoms with Crippen molar-refractivity contribution >= 4 is 35.2 Å². The predicted octanol–water partition coefficient (Wildman–Crippen LogP) is 1.04. The second-order valence-electron chi connectivity index (χ2n) is 3.79. The van der Waals surface area contributed by atoms with Crippen molar-refractivity contribution in [3.8, 4) is 0 Å². The molecular formula is C10H10ClN3O3S. The highest BCUT2D eigenvalue weighted by atomic mass is 35.5. The molecule has 1 N–H and O–H groups in total. The van der Waals surface area contributed by atoms with Crippen LogP contribution in [0.3, 0.4) is 0 Å². The molecule has 1 aliphatic rings. The summed E-state index contributed by atoms with van der Waals surface area (Å²) < 4.78 is 0. The normalized spacial score (nSPS) is 19.0. The molecule has 2 heterocycles. The van der Waals surface area contributed by atoms with Gasteiger partial charge in [-0.15, -0.1) is 11.8 Å². The summed E-state index contributed by atoms with van der Waals surface area (Å²) in [5, 5.41) is 9.01. The quantitative estimate of drug-likeness (QED) is 0.818. The maximum atomic E-state index is 12.2. The molecule has 0 aliphatic carbocycles. The molecule has 6 nitrogen and oxygen atoms in total. The van der Waals surface area contributed by atoms with Crippen molar-refractivity contribution in [2.45, 2.75) is 13.0 Å². The Hall–Kier alpha value is -1.34. The summed E-state index contributed by atoms with van der Waals surface area (Å²) in [5.41, 5.74) is 0.693. The van der Waals surface area contributed by atoms with Crippen LogP contribution in [0.1, 0.15) is 16.2 Å². The number of rotatable bonds is 2. The average molecular weight is 288 g/mol. The number of carbonyl (C=O) groups is 2. The van der Waals surface area contributed by atoms with Crippen molar-refractivity contribution in [2.24, 2.45) is 0 Å². The van der Waals surface area contributed by atoms with Crippen LogP contribution in [0, 0.1) is 6.92 Å². The van der Waals surface area contributed by atoms with Crippen molar-refractivity contribution in [1.82, 2.24) is 14.9 Å². The zero-order valence-electron chi connectivity index (χ0n) is 9.46. The first kappa shape index (κ1) is 13.1. The first-order valence-electron chi connectivity index (χ1n) is 5.11. The molecule has 0 bridgehead atoms. The van der Waals surface area contributed by atoms with E-state index < -0.39 is 17.9 Å². The van der Waals surface area contributed by atoms with E-state index in [4.69, 9.17) is 16.7 Å². The lowest BCUT2D eigenvalue weighted by atomic mass is 10.2. The van der Waals surface area contributed by atoms with Crippen LogP contribution in [0.4, 0.5) is 0 Å². The number of carboxylic acids is 1. The first-order chi connectivity index (χ1) is 8.49. The van der Waals surface area contributed by atoms with Crippen molar-refractivity contribution in [2.75, 3.05) is 11.6 Å². The van der Waals surface area contributed by atoms with Gasteiger partial charge in [0.1, 0.15) is 11.7 Å². The van der Waals surface area contributed by atoms with Gasteiger partial charge in [-0.1, -0.05) is 0 Å². The molecular weight excluding hydrogens is 278 g/mol. The lowest BCUT2D eigenvalue weighted by molar-refractivity contribution is -0.140. The van der Waals surface area contributed by atoms with Gasteiger partial charge in [-0.2, -0.15) is 0 Å².